The minimum atomic E-state index is -1.05. The third-order valence-corrected chi connectivity index (χ3v) is 4.87. The first kappa shape index (κ1) is 27.8. The van der Waals surface area contributed by atoms with Gasteiger partial charge < -0.3 is 28.8 Å². The number of carbonyl (C=O) groups is 3. The van der Waals surface area contributed by atoms with Crippen molar-refractivity contribution in [3.63, 3.8) is 0 Å². The van der Waals surface area contributed by atoms with Crippen molar-refractivity contribution >= 4 is 17.9 Å². The van der Waals surface area contributed by atoms with Crippen molar-refractivity contribution in [2.24, 2.45) is 5.92 Å². The highest BCUT2D eigenvalue weighted by Gasteiger charge is 2.13. The summed E-state index contributed by atoms with van der Waals surface area (Å²) in [6.07, 6.45) is 1.76. The van der Waals surface area contributed by atoms with Gasteiger partial charge in [-0.25, -0.2) is 9.59 Å². The molecule has 9 nitrogen and oxygen atoms in total. The molecule has 9 heteroatoms. The molecule has 0 aliphatic carbocycles. The van der Waals surface area contributed by atoms with Crippen LogP contribution in [0.1, 0.15) is 47.4 Å². The van der Waals surface area contributed by atoms with Crippen LogP contribution in [-0.4, -0.2) is 62.7 Å². The Morgan fingerprint density at radius 2 is 1.31 bits per heavy atom. The third kappa shape index (κ3) is 10.6. The molecule has 0 spiro atoms. The molecule has 0 amide bonds. The Kier molecular flexibility index (Phi) is 12.3. The second kappa shape index (κ2) is 15.5. The Morgan fingerprint density at radius 3 is 1.91 bits per heavy atom. The fourth-order valence-electron chi connectivity index (χ4n) is 2.95. The van der Waals surface area contributed by atoms with Gasteiger partial charge in [0.1, 0.15) is 24.7 Å². The lowest BCUT2D eigenvalue weighted by Crippen LogP contribution is -2.18. The first-order valence-electron chi connectivity index (χ1n) is 11.5. The molecule has 0 bridgehead atoms. The van der Waals surface area contributed by atoms with Gasteiger partial charge in [0.15, 0.2) is 0 Å². The van der Waals surface area contributed by atoms with Crippen LogP contribution in [0.2, 0.25) is 0 Å². The van der Waals surface area contributed by atoms with E-state index >= 15 is 0 Å². The molecule has 0 fully saturated rings. The highest BCUT2D eigenvalue weighted by molar-refractivity contribution is 5.91. The van der Waals surface area contributed by atoms with Crippen molar-refractivity contribution < 1.29 is 43.2 Å². The van der Waals surface area contributed by atoms with E-state index in [9.17, 15) is 14.4 Å². The Labute approximate surface area is 204 Å². The average molecular weight is 489 g/mol. The van der Waals surface area contributed by atoms with Crippen LogP contribution in [0.25, 0.3) is 0 Å². The van der Waals surface area contributed by atoms with Gasteiger partial charge >= 0.3 is 17.9 Å². The molecule has 0 aliphatic heterocycles. The van der Waals surface area contributed by atoms with Crippen molar-refractivity contribution in [1.82, 2.24) is 0 Å². The van der Waals surface area contributed by atoms with Crippen LogP contribution in [0.3, 0.4) is 0 Å². The number of esters is 2. The highest BCUT2D eigenvalue weighted by atomic mass is 16.6. The molecule has 0 saturated carbocycles. The van der Waals surface area contributed by atoms with Gasteiger partial charge in [-0.15, -0.1) is 0 Å². The van der Waals surface area contributed by atoms with Crippen LogP contribution in [0, 0.1) is 5.92 Å². The van der Waals surface area contributed by atoms with Crippen LogP contribution >= 0.6 is 0 Å². The molecule has 0 heterocycles. The zero-order valence-electron chi connectivity index (χ0n) is 20.1. The first-order chi connectivity index (χ1) is 16.9. The van der Waals surface area contributed by atoms with Gasteiger partial charge in [0.25, 0.3) is 0 Å². The number of ether oxygens (including phenoxy) is 5. The zero-order chi connectivity index (χ0) is 25.5. The summed E-state index contributed by atoms with van der Waals surface area (Å²) in [6.45, 7) is 5.92. The molecule has 0 aliphatic rings. The topological polar surface area (TPSA) is 118 Å². The monoisotopic (exact) mass is 488 g/mol. The minimum Gasteiger partial charge on any atom is -0.491 e. The highest BCUT2D eigenvalue weighted by Crippen LogP contribution is 2.17. The molecule has 0 radical (unpaired) electrons. The summed E-state index contributed by atoms with van der Waals surface area (Å²) in [5.74, 6) is -1.06. The minimum absolute atomic E-state index is 0.0849. The van der Waals surface area contributed by atoms with Gasteiger partial charge in [0.2, 0.25) is 0 Å². The van der Waals surface area contributed by atoms with Gasteiger partial charge in [-0.05, 0) is 55.0 Å². The number of rotatable bonds is 16. The van der Waals surface area contributed by atoms with E-state index in [4.69, 9.17) is 28.8 Å². The van der Waals surface area contributed by atoms with Crippen LogP contribution in [0.15, 0.2) is 48.5 Å². The third-order valence-electron chi connectivity index (χ3n) is 4.87. The van der Waals surface area contributed by atoms with E-state index in [1.165, 1.54) is 24.3 Å². The Bertz CT molecular complexity index is 923. The molecule has 0 saturated heterocycles. The predicted molar refractivity (Wildman–Crippen MR) is 127 cm³/mol. The molecular weight excluding hydrogens is 456 g/mol. The van der Waals surface area contributed by atoms with Gasteiger partial charge in [-0.2, -0.15) is 0 Å². The lowest BCUT2D eigenvalue weighted by atomic mass is 10.1. The van der Waals surface area contributed by atoms with Crippen molar-refractivity contribution in [2.75, 3.05) is 39.6 Å². The van der Waals surface area contributed by atoms with Crippen LogP contribution in [0.5, 0.6) is 11.5 Å². The molecule has 190 valence electrons. The molecule has 1 atom stereocenters. The Morgan fingerprint density at radius 1 is 0.771 bits per heavy atom. The zero-order valence-corrected chi connectivity index (χ0v) is 20.1. The maximum Gasteiger partial charge on any atom is 0.343 e. The fourth-order valence-corrected chi connectivity index (χ4v) is 2.95. The maximum atomic E-state index is 12.2. The van der Waals surface area contributed by atoms with Gasteiger partial charge in [-0.1, -0.05) is 20.3 Å². The van der Waals surface area contributed by atoms with Crippen LogP contribution in [-0.2, 0) is 19.0 Å². The van der Waals surface area contributed by atoms with E-state index in [1.54, 1.807) is 24.3 Å². The van der Waals surface area contributed by atoms with Crippen molar-refractivity contribution in [3.8, 4) is 11.5 Å². The van der Waals surface area contributed by atoms with Crippen LogP contribution in [0.4, 0.5) is 0 Å². The summed E-state index contributed by atoms with van der Waals surface area (Å²) in [5.41, 5.74) is 0.441. The second-order valence-electron chi connectivity index (χ2n) is 7.67. The molecular formula is C26H32O9. The van der Waals surface area contributed by atoms with Crippen LogP contribution < -0.4 is 9.47 Å². The summed E-state index contributed by atoms with van der Waals surface area (Å²) in [4.78, 5) is 34.7. The van der Waals surface area contributed by atoms with Crippen molar-refractivity contribution in [2.45, 2.75) is 26.7 Å². The summed E-state index contributed by atoms with van der Waals surface area (Å²) in [7, 11) is 0. The predicted octanol–water partition coefficient (Wildman–Crippen LogP) is 4.00. The number of carboxylic acids is 1. The molecule has 2 rings (SSSR count). The quantitative estimate of drug-likeness (QED) is 0.212. The lowest BCUT2D eigenvalue weighted by molar-refractivity contribution is -0.149. The molecule has 35 heavy (non-hydrogen) atoms. The van der Waals surface area contributed by atoms with E-state index in [0.29, 0.717) is 44.3 Å². The fraction of sp³-hybridized carbons (Fsp3) is 0.423. The van der Waals surface area contributed by atoms with E-state index in [-0.39, 0.29) is 29.8 Å². The van der Waals surface area contributed by atoms with E-state index in [2.05, 4.69) is 0 Å². The summed E-state index contributed by atoms with van der Waals surface area (Å²) >= 11 is 0. The number of aromatic carboxylic acids is 1. The Hall–Kier alpha value is -3.43. The largest absolute Gasteiger partial charge is 0.491 e. The standard InChI is InChI=1S/C26H32O9/c1-3-4-19(2)25(29)34-18-16-32-14-13-31-15-17-33-22-9-7-21(8-10-22)26(30)35-23-11-5-20(6-12-23)24(27)28/h5-12,19H,3-4,13-18H2,1-2H3,(H,27,28). The van der Waals surface area contributed by atoms with Crippen molar-refractivity contribution in [1.29, 1.82) is 0 Å². The number of hydrogen-bond donors (Lipinski definition) is 1. The molecule has 0 aromatic heterocycles. The SMILES string of the molecule is CCCC(C)C(=O)OCCOCCOCCOc1ccc(C(=O)Oc2ccc(C(=O)O)cc2)cc1. The van der Waals surface area contributed by atoms with Gasteiger partial charge in [0, 0.05) is 0 Å². The normalized spacial score (nSPS) is 11.5. The second-order valence-corrected chi connectivity index (χ2v) is 7.67. The smallest absolute Gasteiger partial charge is 0.343 e. The summed E-state index contributed by atoms with van der Waals surface area (Å²) in [5, 5.41) is 8.90. The van der Waals surface area contributed by atoms with E-state index in [1.807, 2.05) is 13.8 Å². The van der Waals surface area contributed by atoms with E-state index in [0.717, 1.165) is 12.8 Å². The Balaban J connectivity index is 1.55. The number of hydrogen-bond acceptors (Lipinski definition) is 8. The first-order valence-corrected chi connectivity index (χ1v) is 11.5. The summed E-state index contributed by atoms with van der Waals surface area (Å²) in [6, 6.07) is 12.0. The maximum absolute atomic E-state index is 12.2. The number of carbonyl (C=O) groups excluding carboxylic acids is 2. The molecule has 1 unspecified atom stereocenters. The number of carboxylic acid groups (broad SMARTS) is 1. The lowest BCUT2D eigenvalue weighted by Gasteiger charge is -2.11. The molecule has 1 N–H and O–H groups in total. The van der Waals surface area contributed by atoms with Gasteiger partial charge in [-0.3, -0.25) is 4.79 Å². The summed E-state index contributed by atoms with van der Waals surface area (Å²) < 4.78 is 26.8. The average Bonchev–Trinajstić information content (AvgIpc) is 2.85. The molecule has 2 aromatic carbocycles. The molecule has 2 aromatic rings. The van der Waals surface area contributed by atoms with Gasteiger partial charge in [0.05, 0.1) is 43.5 Å². The number of benzene rings is 2. The van der Waals surface area contributed by atoms with E-state index < -0.39 is 11.9 Å². The van der Waals surface area contributed by atoms with Crippen molar-refractivity contribution in [3.05, 3.63) is 59.7 Å².